The second-order valence-electron chi connectivity index (χ2n) is 15.1. The van der Waals surface area contributed by atoms with E-state index >= 15 is 0 Å². The number of esters is 2. The van der Waals surface area contributed by atoms with Gasteiger partial charge >= 0.3 is 30.1 Å². The van der Waals surface area contributed by atoms with Crippen molar-refractivity contribution in [3.05, 3.63) is 25.3 Å². The van der Waals surface area contributed by atoms with Gasteiger partial charge in [-0.2, -0.15) is 9.90 Å². The number of likely N-dealkylation sites (tertiary alicyclic amines) is 2. The minimum atomic E-state index is -1.14. The average molecular weight is 940 g/mol. The van der Waals surface area contributed by atoms with Crippen LogP contribution in [-0.2, 0) is 38.1 Å². The van der Waals surface area contributed by atoms with Crippen LogP contribution in [0.5, 0.6) is 0 Å². The summed E-state index contributed by atoms with van der Waals surface area (Å²) in [4.78, 5) is 72.7. The lowest BCUT2D eigenvalue weighted by molar-refractivity contribution is -0.147. The molecular weight excluding hydrogens is 870 g/mol. The van der Waals surface area contributed by atoms with Crippen molar-refractivity contribution in [1.82, 2.24) is 15.1 Å². The van der Waals surface area contributed by atoms with Crippen LogP contribution in [0.3, 0.4) is 0 Å². The number of aliphatic hydroxyl groups is 2. The normalized spacial score (nSPS) is 27.3. The van der Waals surface area contributed by atoms with Crippen LogP contribution in [0.1, 0.15) is 74.7 Å². The van der Waals surface area contributed by atoms with E-state index in [0.29, 0.717) is 12.8 Å². The number of carboxylic acids is 1. The summed E-state index contributed by atoms with van der Waals surface area (Å²) >= 11 is 0. The van der Waals surface area contributed by atoms with Gasteiger partial charge in [0.1, 0.15) is 34.4 Å². The SMILES string of the molecule is C.C=C[C@@H]1C[C@]1(N)C(=O)OC.C=C[C@@H]1C[C@]1(NC(=O)[C@@H]1CC(O)CN1C(=O)OC(C)(C)C)C(=O)OC.CC(C)(C)OC(=O)N1CC(O)C[C@H]1C(=O)O.P.PP.P[P-]P. The van der Waals surface area contributed by atoms with Crippen LogP contribution in [0.4, 0.5) is 9.59 Å². The van der Waals surface area contributed by atoms with Crippen molar-refractivity contribution in [3.63, 3.8) is 0 Å². The molecule has 2 heterocycles. The summed E-state index contributed by atoms with van der Waals surface area (Å²) in [5, 5.41) is 30.8. The standard InChI is InChI=1S/C17H26N2O6.C10H17NO5.C7H11NO2.CH4.H4P3.H4P2.H3P/c1-6-10-8-17(10,14(22)24-5)18-13(21)12-7-11(20)9-19(12)15(23)25-16(2,3)4;1-10(2,3)16-9(15)11-5-6(12)4-7(11)8(13)14;1-3-5-4-7(5,8)6(9)10-2;;1-3-2;1-2;/h6,10-12,20H,1,7-9H2,2-5H3,(H,18,21);6-7,12H,4-5H2,1-3H3,(H,13,14);3,5H,1,4,8H2,2H3;1H4;1-2H2;1-2H2;1H3/q;;;;-1;;/t10-,11?,12+,17-;6?,7-;5-,7-;;;;/m101..../s1. The lowest BCUT2D eigenvalue weighted by atomic mass is 10.1. The largest absolute Gasteiger partial charge is 0.489 e. The Morgan fingerprint density at radius 2 is 1.17 bits per heavy atom. The number of nitrogens with one attached hydrogen (secondary N) is 1. The third kappa shape index (κ3) is 18.5. The number of carboxylic acid groups (broad SMARTS) is 1. The molecule has 17 nitrogen and oxygen atoms in total. The molecule has 0 spiro atoms. The fourth-order valence-corrected chi connectivity index (χ4v) is 5.67. The molecule has 2 aliphatic heterocycles. The Bertz CT molecular complexity index is 1400. The first kappa shape index (κ1) is 60.7. The maximum Gasteiger partial charge on any atom is 0.411 e. The lowest BCUT2D eigenvalue weighted by Crippen LogP contribution is -2.53. The van der Waals surface area contributed by atoms with E-state index in [0.717, 1.165) is 4.90 Å². The number of hydrogen-bond donors (Lipinski definition) is 5. The molecule has 2 aliphatic carbocycles. The minimum Gasteiger partial charge on any atom is -0.489 e. The highest BCUT2D eigenvalue weighted by Gasteiger charge is 2.62. The van der Waals surface area contributed by atoms with Gasteiger partial charge < -0.3 is 53.3 Å². The number of nitrogens with zero attached hydrogens (tertiary/aromatic N) is 2. The molecule has 0 aromatic carbocycles. The Kier molecular flexibility index (Phi) is 27.9. The molecule has 0 aromatic rings. The van der Waals surface area contributed by atoms with Crippen LogP contribution in [0.15, 0.2) is 25.3 Å². The van der Waals surface area contributed by atoms with Crippen molar-refractivity contribution >= 4 is 89.6 Å². The Morgan fingerprint density at radius 3 is 1.48 bits per heavy atom. The molecule has 338 valence electrons. The number of aliphatic hydroxyl groups excluding tert-OH is 2. The third-order valence-electron chi connectivity index (χ3n) is 8.51. The number of hydrogen-bond acceptors (Lipinski definition) is 13. The number of nitrogens with two attached hydrogens (primary N) is 1. The highest BCUT2D eigenvalue weighted by molar-refractivity contribution is 8.33. The Labute approximate surface area is 358 Å². The first-order valence-corrected chi connectivity index (χ1v) is 24.1. The third-order valence-corrected chi connectivity index (χ3v) is 8.51. The number of ether oxygens (including phenoxy) is 4. The van der Waals surface area contributed by atoms with Gasteiger partial charge in [-0.05, 0) is 54.4 Å². The number of carbonyl (C=O) groups is 6. The number of carbonyl (C=O) groups excluding carboxylic acids is 5. The van der Waals surface area contributed by atoms with Gasteiger partial charge in [-0.3, -0.25) is 37.2 Å². The Balaban J connectivity index is -0.000000787. The zero-order valence-electron chi connectivity index (χ0n) is 34.1. The predicted octanol–water partition coefficient (Wildman–Crippen LogP) is 3.95. The van der Waals surface area contributed by atoms with Crippen LogP contribution in [-0.4, -0.2) is 135 Å². The molecule has 0 bridgehead atoms. The van der Waals surface area contributed by atoms with Gasteiger partial charge in [0.15, 0.2) is 0 Å². The van der Waals surface area contributed by atoms with Gasteiger partial charge in [0.25, 0.3) is 0 Å². The predicted molar refractivity (Wildman–Crippen MR) is 244 cm³/mol. The Morgan fingerprint density at radius 1 is 0.793 bits per heavy atom. The van der Waals surface area contributed by atoms with Gasteiger partial charge in [0.05, 0.1) is 39.5 Å². The fraction of sp³-hybridized carbons (Fsp3) is 0.714. The van der Waals surface area contributed by atoms with Crippen LogP contribution < -0.4 is 11.1 Å². The summed E-state index contributed by atoms with van der Waals surface area (Å²) in [5.41, 5.74) is 2.33. The molecule has 2 saturated heterocycles. The summed E-state index contributed by atoms with van der Waals surface area (Å²) in [6.07, 6.45) is 1.49. The highest BCUT2D eigenvalue weighted by atomic mass is 32.4. The zero-order valence-corrected chi connectivity index (χ0v) is 41.1. The van der Waals surface area contributed by atoms with Crippen LogP contribution in [0.25, 0.3) is 0 Å². The van der Waals surface area contributed by atoms with Gasteiger partial charge in [0.2, 0.25) is 5.91 Å². The van der Waals surface area contributed by atoms with E-state index < -0.39 is 76.6 Å². The van der Waals surface area contributed by atoms with Crippen molar-refractivity contribution in [2.24, 2.45) is 17.6 Å². The maximum atomic E-state index is 12.7. The molecule has 13 atom stereocenters. The van der Waals surface area contributed by atoms with E-state index in [4.69, 9.17) is 25.1 Å². The maximum absolute atomic E-state index is 12.7. The second-order valence-corrected chi connectivity index (χ2v) is 19.0. The molecular formula is C35H69N4O13P6-. The average Bonchev–Trinajstić information content (AvgIpc) is 3.87. The lowest BCUT2D eigenvalue weighted by Gasteiger charge is -2.28. The molecule has 2 saturated carbocycles. The van der Waals surface area contributed by atoms with Gasteiger partial charge in [-0.15, -0.1) is 31.0 Å². The molecule has 4 aliphatic rings. The zero-order chi connectivity index (χ0) is 44.0. The molecule has 6 N–H and O–H groups in total. The number of aliphatic carboxylic acids is 1. The summed E-state index contributed by atoms with van der Waals surface area (Å²) in [7, 11) is 13.5. The number of β-amino-alcohol motifs (C(OH)–C–C–N with tert-alkyl or cyclic N) is 2. The molecule has 58 heavy (non-hydrogen) atoms. The molecule has 4 fully saturated rings. The summed E-state index contributed by atoms with van der Waals surface area (Å²) in [5.74, 6) is -2.63. The van der Waals surface area contributed by atoms with Crippen molar-refractivity contribution in [1.29, 1.82) is 0 Å². The van der Waals surface area contributed by atoms with Crippen molar-refractivity contribution in [2.75, 3.05) is 27.3 Å². The topological polar surface area (TPSA) is 245 Å². The molecule has 7 unspecified atom stereocenters. The van der Waals surface area contributed by atoms with E-state index in [2.05, 4.69) is 58.9 Å². The van der Waals surface area contributed by atoms with Crippen molar-refractivity contribution in [2.45, 2.75) is 121 Å². The van der Waals surface area contributed by atoms with Gasteiger partial charge in [0, 0.05) is 24.7 Å². The fourth-order valence-electron chi connectivity index (χ4n) is 5.67. The minimum absolute atomic E-state index is 0. The van der Waals surface area contributed by atoms with Crippen molar-refractivity contribution < 1.29 is 63.0 Å². The summed E-state index contributed by atoms with van der Waals surface area (Å²) < 4.78 is 19.6. The van der Waals surface area contributed by atoms with Gasteiger partial charge in [-0.1, -0.05) is 19.6 Å². The van der Waals surface area contributed by atoms with E-state index in [-0.39, 0.29) is 61.1 Å². The number of amides is 3. The smallest absolute Gasteiger partial charge is 0.411 e. The Hall–Kier alpha value is -1.64. The van der Waals surface area contributed by atoms with Crippen molar-refractivity contribution in [3.8, 4) is 0 Å². The molecule has 0 radical (unpaired) electrons. The van der Waals surface area contributed by atoms with E-state index in [1.165, 1.54) is 27.1 Å². The number of rotatable bonds is 7. The molecule has 4 rings (SSSR count). The molecule has 23 heteroatoms. The van der Waals surface area contributed by atoms with Gasteiger partial charge in [-0.25, -0.2) is 19.2 Å². The monoisotopic (exact) mass is 939 g/mol. The molecule has 0 aromatic heterocycles. The quantitative estimate of drug-likeness (QED) is 0.105. The highest BCUT2D eigenvalue weighted by Crippen LogP contribution is 2.45. The van der Waals surface area contributed by atoms with Crippen LogP contribution in [0.2, 0.25) is 0 Å². The summed E-state index contributed by atoms with van der Waals surface area (Å²) in [6.45, 7) is 17.5. The summed E-state index contributed by atoms with van der Waals surface area (Å²) in [6, 6.07) is -1.90. The first-order chi connectivity index (χ1) is 25.8. The second kappa shape index (κ2) is 26.6. The van der Waals surface area contributed by atoms with E-state index in [9.17, 15) is 39.0 Å². The first-order valence-electron chi connectivity index (χ1n) is 17.4. The number of methoxy groups -OCH3 is 2. The molecule has 3 amide bonds. The van der Waals surface area contributed by atoms with E-state index in [1.54, 1.807) is 53.7 Å². The van der Waals surface area contributed by atoms with E-state index in [1.807, 2.05) is 0 Å². The van der Waals surface area contributed by atoms with Crippen LogP contribution in [0, 0.1) is 11.8 Å². The van der Waals surface area contributed by atoms with Crippen LogP contribution >= 0.6 is 53.6 Å².